The highest BCUT2D eigenvalue weighted by Crippen LogP contribution is 2.32. The minimum absolute atomic E-state index is 0.254. The fourth-order valence-corrected chi connectivity index (χ4v) is 7.15. The van der Waals surface area contributed by atoms with E-state index in [0.717, 1.165) is 37.5 Å². The summed E-state index contributed by atoms with van der Waals surface area (Å²) < 4.78 is 24.2. The van der Waals surface area contributed by atoms with Crippen LogP contribution in [0.15, 0.2) is 60.7 Å². The number of anilines is 2. The predicted molar refractivity (Wildman–Crippen MR) is 281 cm³/mol. The molecule has 0 aliphatic rings. The topological polar surface area (TPSA) is 284 Å². The minimum Gasteiger partial charge on any atom is -0.494 e. The van der Waals surface area contributed by atoms with E-state index in [4.69, 9.17) is 24.2 Å². The first-order valence-corrected chi connectivity index (χ1v) is 23.5. The fourth-order valence-electron chi connectivity index (χ4n) is 7.15. The molecule has 2 aromatic carbocycles. The van der Waals surface area contributed by atoms with Crippen molar-refractivity contribution in [1.82, 2.24) is 49.3 Å². The number of ether oxygens (including phenoxy) is 3. The molecule has 0 saturated carbocycles. The SMILES string of the molecule is CCn1nc(C)cc1C(=O)Nc1nc2cc(C=O)cc(OC)c2n1C/C=C/Cn1c(NC)nc2cc(C=O)cc(OC/C=C/CNCCCNC(=O)OC(C)(C)C)c21.CCn1nc(C)cc1C=O.CN.CN. The van der Waals surface area contributed by atoms with E-state index in [-0.39, 0.29) is 25.0 Å². The molecule has 0 bridgehead atoms. The third kappa shape index (κ3) is 16.5. The van der Waals surface area contributed by atoms with Crippen LogP contribution in [-0.4, -0.2) is 130 Å². The summed E-state index contributed by atoms with van der Waals surface area (Å²) in [5.41, 5.74) is 14.3. The molecule has 6 rings (SSSR count). The Balaban J connectivity index is 0.000000854. The van der Waals surface area contributed by atoms with E-state index in [0.29, 0.717) is 100 Å². The van der Waals surface area contributed by atoms with Crippen LogP contribution in [0.2, 0.25) is 0 Å². The van der Waals surface area contributed by atoms with Gasteiger partial charge in [0.1, 0.15) is 58.7 Å². The molecule has 0 spiro atoms. The van der Waals surface area contributed by atoms with Crippen molar-refractivity contribution in [3.8, 4) is 11.5 Å². The van der Waals surface area contributed by atoms with Crippen LogP contribution in [0.1, 0.15) is 94.1 Å². The maximum Gasteiger partial charge on any atom is 0.407 e. The van der Waals surface area contributed by atoms with E-state index in [9.17, 15) is 24.0 Å². The number of fused-ring (bicyclic) bond motifs is 2. The van der Waals surface area contributed by atoms with Crippen molar-refractivity contribution in [1.29, 1.82) is 0 Å². The van der Waals surface area contributed by atoms with Crippen LogP contribution in [0, 0.1) is 13.8 Å². The maximum absolute atomic E-state index is 13.5. The minimum atomic E-state index is -0.534. The maximum atomic E-state index is 13.5. The number of aldehydes is 3. The molecule has 0 aliphatic carbocycles. The normalized spacial score (nSPS) is 11.0. The van der Waals surface area contributed by atoms with Crippen LogP contribution >= 0.6 is 0 Å². The summed E-state index contributed by atoms with van der Waals surface area (Å²) in [4.78, 5) is 68.6. The predicted octanol–water partition coefficient (Wildman–Crippen LogP) is 5.71. The third-order valence-corrected chi connectivity index (χ3v) is 10.1. The van der Waals surface area contributed by atoms with Crippen molar-refractivity contribution in [2.45, 2.75) is 86.7 Å². The number of alkyl carbamates (subject to hydrolysis) is 1. The van der Waals surface area contributed by atoms with Gasteiger partial charge in [0.25, 0.3) is 5.91 Å². The average molecular weight is 997 g/mol. The number of aromatic nitrogens is 8. The Morgan fingerprint density at radius 2 is 1.29 bits per heavy atom. The van der Waals surface area contributed by atoms with E-state index in [2.05, 4.69) is 42.9 Å². The highest BCUT2D eigenvalue weighted by Gasteiger charge is 2.21. The number of carbonyl (C=O) groups is 5. The van der Waals surface area contributed by atoms with Crippen molar-refractivity contribution in [2.24, 2.45) is 11.5 Å². The van der Waals surface area contributed by atoms with Gasteiger partial charge in [0.2, 0.25) is 11.9 Å². The summed E-state index contributed by atoms with van der Waals surface area (Å²) in [6.45, 7) is 17.0. The van der Waals surface area contributed by atoms with Crippen molar-refractivity contribution >= 4 is 64.8 Å². The summed E-state index contributed by atoms with van der Waals surface area (Å²) in [5, 5.41) is 20.6. The summed E-state index contributed by atoms with van der Waals surface area (Å²) >= 11 is 0. The van der Waals surface area contributed by atoms with E-state index in [1.807, 2.05) is 81.9 Å². The zero-order valence-electron chi connectivity index (χ0n) is 43.4. The molecule has 0 unspecified atom stereocenters. The molecule has 0 radical (unpaired) electrons. The smallest absolute Gasteiger partial charge is 0.407 e. The molecule has 2 amide bonds. The molecule has 6 aromatic rings. The molecule has 8 N–H and O–H groups in total. The Morgan fingerprint density at radius 3 is 1.85 bits per heavy atom. The molecule has 0 aliphatic heterocycles. The molecule has 0 saturated heterocycles. The van der Waals surface area contributed by atoms with Gasteiger partial charge in [-0.05, 0) is 112 Å². The second-order valence-corrected chi connectivity index (χ2v) is 16.4. The molecular formula is C50H72N14O8. The fraction of sp³-hybridized carbons (Fsp3) is 0.420. The van der Waals surface area contributed by atoms with E-state index in [1.54, 1.807) is 52.8 Å². The number of benzene rings is 2. The lowest BCUT2D eigenvalue weighted by atomic mass is 10.2. The van der Waals surface area contributed by atoms with Crippen LogP contribution < -0.4 is 42.2 Å². The zero-order valence-corrected chi connectivity index (χ0v) is 43.4. The summed E-state index contributed by atoms with van der Waals surface area (Å²) in [7, 11) is 6.28. The lowest BCUT2D eigenvalue weighted by Gasteiger charge is -2.19. The average Bonchev–Trinajstić information content (AvgIpc) is 4.15. The lowest BCUT2D eigenvalue weighted by Crippen LogP contribution is -2.33. The van der Waals surface area contributed by atoms with Gasteiger partial charge in [-0.3, -0.25) is 33.9 Å². The number of allylic oxidation sites excluding steroid dienone is 2. The zero-order chi connectivity index (χ0) is 53.4. The number of aryl methyl sites for hydroxylation is 4. The van der Waals surface area contributed by atoms with Gasteiger partial charge in [0, 0.05) is 57.4 Å². The number of hydrogen-bond donors (Lipinski definition) is 6. The summed E-state index contributed by atoms with van der Waals surface area (Å²) in [5.74, 6) is 1.39. The highest BCUT2D eigenvalue weighted by molar-refractivity contribution is 6.03. The van der Waals surface area contributed by atoms with Gasteiger partial charge >= 0.3 is 6.09 Å². The van der Waals surface area contributed by atoms with Crippen molar-refractivity contribution in [3.63, 3.8) is 0 Å². The van der Waals surface area contributed by atoms with Crippen molar-refractivity contribution in [3.05, 3.63) is 94.6 Å². The lowest BCUT2D eigenvalue weighted by molar-refractivity contribution is 0.0526. The number of hydrogen-bond acceptors (Lipinski definition) is 16. The van der Waals surface area contributed by atoms with Crippen molar-refractivity contribution < 1.29 is 38.2 Å². The van der Waals surface area contributed by atoms with Crippen molar-refractivity contribution in [2.75, 3.05) is 65.1 Å². The molecule has 22 nitrogen and oxygen atoms in total. The van der Waals surface area contributed by atoms with E-state index < -0.39 is 11.7 Å². The number of rotatable bonds is 22. The first kappa shape index (κ1) is 58.6. The molecule has 22 heteroatoms. The quantitative estimate of drug-likeness (QED) is 0.0270. The Hall–Kier alpha value is -7.69. The van der Waals surface area contributed by atoms with Gasteiger partial charge in [-0.1, -0.05) is 24.3 Å². The van der Waals surface area contributed by atoms with Crippen LogP contribution in [0.4, 0.5) is 16.7 Å². The molecule has 390 valence electrons. The van der Waals surface area contributed by atoms with E-state index >= 15 is 0 Å². The van der Waals surface area contributed by atoms with Gasteiger partial charge in [-0.15, -0.1) is 0 Å². The van der Waals surface area contributed by atoms with Gasteiger partial charge in [0.15, 0.2) is 6.29 Å². The molecule has 0 atom stereocenters. The highest BCUT2D eigenvalue weighted by atomic mass is 16.6. The molecule has 0 fully saturated rings. The van der Waals surface area contributed by atoms with Crippen LogP contribution in [0.3, 0.4) is 0 Å². The second kappa shape index (κ2) is 29.5. The Kier molecular flexibility index (Phi) is 24.0. The summed E-state index contributed by atoms with van der Waals surface area (Å²) in [6.07, 6.45) is 10.3. The van der Waals surface area contributed by atoms with Gasteiger partial charge in [-0.2, -0.15) is 10.2 Å². The van der Waals surface area contributed by atoms with Crippen LogP contribution in [-0.2, 0) is 30.9 Å². The van der Waals surface area contributed by atoms with E-state index in [1.165, 1.54) is 21.2 Å². The number of nitrogens with zero attached hydrogens (tertiary/aromatic N) is 8. The molecule has 4 heterocycles. The Bertz CT molecular complexity index is 2780. The number of amides is 2. The standard InChI is InChI=1S/C41H52N10O7.C7H10N2O.2CH5N/c1-8-51-32(20-27(2)48-51)37(54)47-39-46-30-21-28(25-52)23-33(56-7)35(30)50(39)18-11-10-17-49-36-31(45-38(49)42-6)22-29(26-53)24-34(36)57-19-12-9-14-43-15-13-16-44-40(55)58-41(3,4)5;1-3-9-7(5-10)4-6(2)8-9;2*1-2/h9-12,20-26,43H,8,13-19H2,1-7H3,(H,42,45)(H,44,55)(H,46,47,54);4-5H,3H2,1-2H3;2*2H2,1H3/b11-10+,12-9+;;;. The number of imidazole rings is 2. The first-order chi connectivity index (χ1) is 34.7. The Morgan fingerprint density at radius 1 is 0.722 bits per heavy atom. The second-order valence-electron chi connectivity index (χ2n) is 16.4. The number of carbonyl (C=O) groups excluding carboxylic acids is 5. The van der Waals surface area contributed by atoms with Crippen LogP contribution in [0.5, 0.6) is 11.5 Å². The largest absolute Gasteiger partial charge is 0.494 e. The number of methoxy groups -OCH3 is 1. The monoisotopic (exact) mass is 997 g/mol. The Labute approximate surface area is 420 Å². The molecule has 72 heavy (non-hydrogen) atoms. The summed E-state index contributed by atoms with van der Waals surface area (Å²) in [6, 6.07) is 10.2. The van der Waals surface area contributed by atoms with Gasteiger partial charge in [0.05, 0.1) is 29.5 Å². The molecule has 4 aromatic heterocycles. The van der Waals surface area contributed by atoms with Gasteiger partial charge < -0.3 is 50.8 Å². The number of nitrogens with two attached hydrogens (primary N) is 2. The molecular weight excluding hydrogens is 925 g/mol. The van der Waals surface area contributed by atoms with Gasteiger partial charge in [-0.25, -0.2) is 14.8 Å². The number of nitrogens with one attached hydrogen (secondary N) is 4. The third-order valence-electron chi connectivity index (χ3n) is 10.1. The first-order valence-electron chi connectivity index (χ1n) is 23.5. The van der Waals surface area contributed by atoms with Crippen LogP contribution in [0.25, 0.3) is 22.1 Å².